The highest BCUT2D eigenvalue weighted by Gasteiger charge is 2.13. The Hall–Kier alpha value is -2.40. The minimum Gasteiger partial charge on any atom is -0.396 e. The van der Waals surface area contributed by atoms with E-state index in [0.29, 0.717) is 46.5 Å². The fourth-order valence-corrected chi connectivity index (χ4v) is 2.68. The molecule has 0 radical (unpaired) electrons. The number of anilines is 1. The molecule has 0 aliphatic heterocycles. The second-order valence-electron chi connectivity index (χ2n) is 5.30. The van der Waals surface area contributed by atoms with Crippen molar-refractivity contribution in [3.63, 3.8) is 0 Å². The zero-order valence-electron chi connectivity index (χ0n) is 13.1. The maximum atomic E-state index is 9.17. The van der Waals surface area contributed by atoms with Crippen LogP contribution in [0.25, 0.3) is 11.2 Å². The number of nitrogens with zero attached hydrogens (tertiary/aromatic N) is 5. The SMILES string of the molecule is N#Cc1nc(NCc2ccc(Cl)c(Cl)c2)c2ncn(CCCO)c2n1. The van der Waals surface area contributed by atoms with Crippen LogP contribution in [0.4, 0.5) is 5.82 Å². The van der Waals surface area contributed by atoms with E-state index in [9.17, 15) is 5.26 Å². The summed E-state index contributed by atoms with van der Waals surface area (Å²) in [6.45, 7) is 1.07. The lowest BCUT2D eigenvalue weighted by molar-refractivity contribution is 0.280. The summed E-state index contributed by atoms with van der Waals surface area (Å²) in [7, 11) is 0. The standard InChI is InChI=1S/C16H14Cl2N6O/c17-11-3-2-10(6-12(11)18)8-20-15-14-16(23-13(7-19)22-15)24(9-21-14)4-1-5-25/h2-3,6,9,25H,1,4-5,8H2,(H,20,22,23). The summed E-state index contributed by atoms with van der Waals surface area (Å²) in [5.74, 6) is 0.519. The molecule has 0 amide bonds. The molecule has 0 fully saturated rings. The Balaban J connectivity index is 1.90. The molecular weight excluding hydrogens is 363 g/mol. The Morgan fingerprint density at radius 2 is 2.08 bits per heavy atom. The van der Waals surface area contributed by atoms with E-state index in [1.165, 1.54) is 0 Å². The van der Waals surface area contributed by atoms with Gasteiger partial charge in [0.1, 0.15) is 6.07 Å². The summed E-state index contributed by atoms with van der Waals surface area (Å²) in [5, 5.41) is 22.3. The first-order chi connectivity index (χ1) is 12.1. The number of aromatic nitrogens is 4. The minimum atomic E-state index is 0.0508. The van der Waals surface area contributed by atoms with E-state index in [-0.39, 0.29) is 12.4 Å². The topological polar surface area (TPSA) is 99.7 Å². The van der Waals surface area contributed by atoms with Gasteiger partial charge in [0.25, 0.3) is 0 Å². The van der Waals surface area contributed by atoms with Crippen molar-refractivity contribution in [3.8, 4) is 6.07 Å². The molecular formula is C16H14Cl2N6O. The monoisotopic (exact) mass is 376 g/mol. The minimum absolute atomic E-state index is 0.0508. The lowest BCUT2D eigenvalue weighted by Crippen LogP contribution is -2.06. The molecule has 0 saturated carbocycles. The van der Waals surface area contributed by atoms with Gasteiger partial charge in [0.15, 0.2) is 17.0 Å². The molecule has 3 rings (SSSR count). The highest BCUT2D eigenvalue weighted by atomic mass is 35.5. The molecule has 2 aromatic heterocycles. The average molecular weight is 377 g/mol. The molecule has 7 nitrogen and oxygen atoms in total. The van der Waals surface area contributed by atoms with Crippen LogP contribution < -0.4 is 5.32 Å². The first-order valence-corrected chi connectivity index (χ1v) is 8.29. The number of benzene rings is 1. The van der Waals surface area contributed by atoms with Gasteiger partial charge in [-0.1, -0.05) is 29.3 Å². The lowest BCUT2D eigenvalue weighted by atomic mass is 10.2. The Labute approximate surface area is 153 Å². The molecule has 128 valence electrons. The summed E-state index contributed by atoms with van der Waals surface area (Å²) in [4.78, 5) is 12.7. The van der Waals surface area contributed by atoms with Crippen molar-refractivity contribution >= 4 is 40.2 Å². The van der Waals surface area contributed by atoms with E-state index in [1.807, 2.05) is 12.1 Å². The number of nitriles is 1. The van der Waals surface area contributed by atoms with Crippen LogP contribution in [-0.4, -0.2) is 31.2 Å². The van der Waals surface area contributed by atoms with Crippen molar-refractivity contribution in [2.45, 2.75) is 19.5 Å². The number of nitrogens with one attached hydrogen (secondary N) is 1. The fraction of sp³-hybridized carbons (Fsp3) is 0.250. The number of halogens is 2. The number of hydrogen-bond acceptors (Lipinski definition) is 6. The predicted octanol–water partition coefficient (Wildman–Crippen LogP) is 3.00. The van der Waals surface area contributed by atoms with Gasteiger partial charge in [-0.3, -0.25) is 0 Å². The number of aryl methyl sites for hydroxylation is 1. The van der Waals surface area contributed by atoms with Crippen LogP contribution in [0.5, 0.6) is 0 Å². The number of aliphatic hydroxyl groups is 1. The van der Waals surface area contributed by atoms with Crippen LogP contribution in [0, 0.1) is 11.3 Å². The number of hydrogen-bond donors (Lipinski definition) is 2. The van der Waals surface area contributed by atoms with Crippen LogP contribution in [0.15, 0.2) is 24.5 Å². The van der Waals surface area contributed by atoms with Gasteiger partial charge in [-0.2, -0.15) is 15.2 Å². The lowest BCUT2D eigenvalue weighted by Gasteiger charge is -2.08. The van der Waals surface area contributed by atoms with Gasteiger partial charge in [0.05, 0.1) is 16.4 Å². The number of rotatable bonds is 6. The maximum Gasteiger partial charge on any atom is 0.236 e. The fourth-order valence-electron chi connectivity index (χ4n) is 2.36. The molecule has 0 aliphatic rings. The molecule has 25 heavy (non-hydrogen) atoms. The molecule has 1 aromatic carbocycles. The van der Waals surface area contributed by atoms with Crippen molar-refractivity contribution in [2.24, 2.45) is 0 Å². The van der Waals surface area contributed by atoms with E-state index >= 15 is 0 Å². The summed E-state index contributed by atoms with van der Waals surface area (Å²) in [5.41, 5.74) is 2.04. The summed E-state index contributed by atoms with van der Waals surface area (Å²) < 4.78 is 1.79. The Kier molecular flexibility index (Phi) is 5.34. The van der Waals surface area contributed by atoms with Crippen molar-refractivity contribution in [2.75, 3.05) is 11.9 Å². The van der Waals surface area contributed by atoms with E-state index in [4.69, 9.17) is 28.3 Å². The Morgan fingerprint density at radius 1 is 1.24 bits per heavy atom. The van der Waals surface area contributed by atoms with E-state index in [1.54, 1.807) is 23.0 Å². The van der Waals surface area contributed by atoms with E-state index in [0.717, 1.165) is 5.56 Å². The zero-order valence-corrected chi connectivity index (χ0v) is 14.6. The highest BCUT2D eigenvalue weighted by Crippen LogP contribution is 2.24. The Morgan fingerprint density at radius 3 is 2.80 bits per heavy atom. The first-order valence-electron chi connectivity index (χ1n) is 7.54. The second kappa shape index (κ2) is 7.66. The molecule has 0 atom stereocenters. The van der Waals surface area contributed by atoms with Crippen molar-refractivity contribution in [1.82, 2.24) is 19.5 Å². The van der Waals surface area contributed by atoms with E-state index < -0.39 is 0 Å². The second-order valence-corrected chi connectivity index (χ2v) is 6.11. The molecule has 0 spiro atoms. The highest BCUT2D eigenvalue weighted by molar-refractivity contribution is 6.42. The maximum absolute atomic E-state index is 9.17. The summed E-state index contributed by atoms with van der Waals surface area (Å²) >= 11 is 11.9. The molecule has 0 unspecified atom stereocenters. The third-order valence-electron chi connectivity index (χ3n) is 3.56. The number of aliphatic hydroxyl groups excluding tert-OH is 1. The third-order valence-corrected chi connectivity index (χ3v) is 4.30. The van der Waals surface area contributed by atoms with Gasteiger partial charge < -0.3 is 15.0 Å². The largest absolute Gasteiger partial charge is 0.396 e. The van der Waals surface area contributed by atoms with Gasteiger partial charge >= 0.3 is 0 Å². The molecule has 2 N–H and O–H groups in total. The number of fused-ring (bicyclic) bond motifs is 1. The molecule has 0 aliphatic carbocycles. The van der Waals surface area contributed by atoms with Gasteiger partial charge in [-0.25, -0.2) is 4.98 Å². The van der Waals surface area contributed by atoms with Crippen molar-refractivity contribution < 1.29 is 5.11 Å². The molecule has 9 heteroatoms. The van der Waals surface area contributed by atoms with E-state index in [2.05, 4.69) is 20.3 Å². The van der Waals surface area contributed by atoms with Crippen LogP contribution >= 0.6 is 23.2 Å². The quantitative estimate of drug-likeness (QED) is 0.685. The first kappa shape index (κ1) is 17.4. The Bertz CT molecular complexity index is 950. The van der Waals surface area contributed by atoms with Crippen LogP contribution in [-0.2, 0) is 13.1 Å². The van der Waals surface area contributed by atoms with Gasteiger partial charge in [-0.15, -0.1) is 0 Å². The van der Waals surface area contributed by atoms with Gasteiger partial charge in [0.2, 0.25) is 5.82 Å². The van der Waals surface area contributed by atoms with Crippen LogP contribution in [0.2, 0.25) is 10.0 Å². The van der Waals surface area contributed by atoms with Crippen LogP contribution in [0.1, 0.15) is 17.8 Å². The molecule has 0 saturated heterocycles. The molecule has 2 heterocycles. The van der Waals surface area contributed by atoms with Gasteiger partial charge in [-0.05, 0) is 24.1 Å². The van der Waals surface area contributed by atoms with Crippen molar-refractivity contribution in [1.29, 1.82) is 5.26 Å². The summed E-state index contributed by atoms with van der Waals surface area (Å²) in [6.07, 6.45) is 2.20. The normalized spacial score (nSPS) is 10.8. The average Bonchev–Trinajstić information content (AvgIpc) is 3.03. The predicted molar refractivity (Wildman–Crippen MR) is 95.5 cm³/mol. The van der Waals surface area contributed by atoms with Crippen molar-refractivity contribution in [3.05, 3.63) is 46.0 Å². The number of imidazole rings is 1. The zero-order chi connectivity index (χ0) is 17.8. The third kappa shape index (κ3) is 3.82. The summed E-state index contributed by atoms with van der Waals surface area (Å²) in [6, 6.07) is 7.30. The van der Waals surface area contributed by atoms with Crippen LogP contribution in [0.3, 0.4) is 0 Å². The molecule has 3 aromatic rings. The van der Waals surface area contributed by atoms with Gasteiger partial charge in [0, 0.05) is 19.7 Å². The molecule has 0 bridgehead atoms. The smallest absolute Gasteiger partial charge is 0.236 e.